The lowest BCUT2D eigenvalue weighted by Crippen LogP contribution is -2.51. The Kier molecular flexibility index (Phi) is 9.11. The molecular weight excluding hydrogens is 614 g/mol. The van der Waals surface area contributed by atoms with E-state index in [0.717, 1.165) is 12.1 Å². The van der Waals surface area contributed by atoms with Crippen LogP contribution in [0.1, 0.15) is 72.8 Å². The van der Waals surface area contributed by atoms with Crippen LogP contribution in [-0.4, -0.2) is 54.0 Å². The van der Waals surface area contributed by atoms with Crippen molar-refractivity contribution in [2.24, 2.45) is 5.73 Å². The highest BCUT2D eigenvalue weighted by Gasteiger charge is 2.56. The van der Waals surface area contributed by atoms with Gasteiger partial charge in [0.25, 0.3) is 0 Å². The first-order chi connectivity index (χ1) is 20.8. The van der Waals surface area contributed by atoms with Crippen molar-refractivity contribution in [3.63, 3.8) is 0 Å². The van der Waals surface area contributed by atoms with E-state index < -0.39 is 57.5 Å². The maximum Gasteiger partial charge on any atom is 0.417 e. The Balaban J connectivity index is 1.90. The number of amides is 1. The molecule has 13 heteroatoms. The van der Waals surface area contributed by atoms with Crippen LogP contribution in [0.15, 0.2) is 59.8 Å². The number of nitrogens with two attached hydrogens (primary N) is 1. The topological polar surface area (TPSA) is 135 Å². The van der Waals surface area contributed by atoms with E-state index in [0.29, 0.717) is 22.3 Å². The number of ether oxygens (including phenoxy) is 1. The highest BCUT2D eigenvalue weighted by Crippen LogP contribution is 2.46. The molecule has 2 heterocycles. The summed E-state index contributed by atoms with van der Waals surface area (Å²) in [7, 11) is -2.26. The van der Waals surface area contributed by atoms with Gasteiger partial charge in [-0.3, -0.25) is 4.79 Å². The number of aromatic amines is 1. The van der Waals surface area contributed by atoms with Gasteiger partial charge >= 0.3 is 6.18 Å². The largest absolute Gasteiger partial charge is 0.497 e. The van der Waals surface area contributed by atoms with Crippen molar-refractivity contribution in [1.82, 2.24) is 9.97 Å². The smallest absolute Gasteiger partial charge is 0.417 e. The third-order valence-electron chi connectivity index (χ3n) is 8.23. The average molecular weight is 650 g/mol. The molecule has 4 aromatic rings. The number of aliphatic hydroxyl groups is 1. The highest BCUT2D eigenvalue weighted by atomic mass is 32.2. The molecule has 242 valence electrons. The lowest BCUT2D eigenvalue weighted by molar-refractivity contribution is -0.266. The van der Waals surface area contributed by atoms with Crippen molar-refractivity contribution >= 4 is 26.6 Å². The molecule has 0 aliphatic heterocycles. The van der Waals surface area contributed by atoms with Gasteiger partial charge < -0.3 is 20.6 Å². The zero-order valence-electron chi connectivity index (χ0n) is 25.4. The summed E-state index contributed by atoms with van der Waals surface area (Å²) in [4.78, 5) is 19.1. The number of fused-ring (bicyclic) bond motifs is 1. The van der Waals surface area contributed by atoms with Crippen molar-refractivity contribution in [3.05, 3.63) is 88.5 Å². The zero-order valence-corrected chi connectivity index (χ0v) is 26.2. The van der Waals surface area contributed by atoms with E-state index in [2.05, 4.69) is 9.97 Å². The second-order valence-electron chi connectivity index (χ2n) is 11.8. The molecular formula is C32H35F4N3O5S. The SMILES string of the molecule is CCS(=O)(=O)c1cc2c(C(C)c3ccc(OC)cc3)c(C[C@](O)(CC(C)(C)c3ccc(F)cc3C(N)=O)C(F)(F)F)[nH]c2cn1. The molecule has 0 radical (unpaired) electrons. The Labute approximate surface area is 258 Å². The number of pyridine rings is 1. The number of nitrogens with zero attached hydrogens (tertiary/aromatic N) is 1. The van der Waals surface area contributed by atoms with E-state index in [1.807, 2.05) is 0 Å². The van der Waals surface area contributed by atoms with Crippen LogP contribution >= 0.6 is 0 Å². The lowest BCUT2D eigenvalue weighted by atomic mass is 9.71. The summed E-state index contributed by atoms with van der Waals surface area (Å²) >= 11 is 0. The number of carbonyl (C=O) groups excluding carboxylic acids is 1. The predicted molar refractivity (Wildman–Crippen MR) is 162 cm³/mol. The van der Waals surface area contributed by atoms with Gasteiger partial charge in [-0.15, -0.1) is 0 Å². The maximum absolute atomic E-state index is 14.9. The van der Waals surface area contributed by atoms with Gasteiger partial charge in [0.05, 0.1) is 24.6 Å². The first-order valence-corrected chi connectivity index (χ1v) is 15.7. The van der Waals surface area contributed by atoms with Gasteiger partial charge in [0.15, 0.2) is 20.5 Å². The number of halogens is 4. The fourth-order valence-corrected chi connectivity index (χ4v) is 6.66. The minimum Gasteiger partial charge on any atom is -0.497 e. The maximum atomic E-state index is 14.9. The van der Waals surface area contributed by atoms with Crippen LogP contribution in [0.4, 0.5) is 17.6 Å². The molecule has 0 saturated carbocycles. The molecule has 2 aromatic heterocycles. The van der Waals surface area contributed by atoms with Crippen molar-refractivity contribution in [2.45, 2.75) is 68.7 Å². The lowest BCUT2D eigenvalue weighted by Gasteiger charge is -2.38. The number of methoxy groups -OCH3 is 1. The van der Waals surface area contributed by atoms with E-state index in [-0.39, 0.29) is 33.1 Å². The normalized spacial score (nSPS) is 14.7. The van der Waals surface area contributed by atoms with Crippen molar-refractivity contribution < 1.29 is 40.6 Å². The van der Waals surface area contributed by atoms with Gasteiger partial charge in [-0.25, -0.2) is 17.8 Å². The standard InChI is InChI=1S/C32H35F4N3O5S/c1-6-45(42,43)27-14-23-26(16-38-27)39-25(28(23)18(2)19-7-10-21(44-5)11-8-19)15-31(41,32(34,35)36)17-30(3,4)24-12-9-20(33)13-22(24)29(37)40/h7-14,16,18,39,41H,6,15,17H2,1-5H3,(H2,37,40)/t18?,31-/m0/s1. The number of sulfone groups is 1. The summed E-state index contributed by atoms with van der Waals surface area (Å²) < 4.78 is 89.3. The second kappa shape index (κ2) is 12.1. The van der Waals surface area contributed by atoms with Crippen LogP contribution in [0.3, 0.4) is 0 Å². The molecule has 2 atom stereocenters. The van der Waals surface area contributed by atoms with Crippen molar-refractivity contribution in [2.75, 3.05) is 12.9 Å². The first-order valence-electron chi connectivity index (χ1n) is 14.1. The molecule has 8 nitrogen and oxygen atoms in total. The molecule has 4 rings (SSSR count). The summed E-state index contributed by atoms with van der Waals surface area (Å²) in [5, 5.41) is 11.6. The first kappa shape index (κ1) is 33.9. The molecule has 0 saturated heterocycles. The van der Waals surface area contributed by atoms with Crippen molar-refractivity contribution in [1.29, 1.82) is 0 Å². The van der Waals surface area contributed by atoms with Gasteiger partial charge in [-0.05, 0) is 58.9 Å². The minimum absolute atomic E-state index is 0.0195. The Morgan fingerprint density at radius 1 is 1.11 bits per heavy atom. The number of nitrogens with one attached hydrogen (secondary N) is 1. The van der Waals surface area contributed by atoms with Crippen LogP contribution < -0.4 is 10.5 Å². The van der Waals surface area contributed by atoms with Crippen LogP contribution in [0, 0.1) is 5.82 Å². The Morgan fingerprint density at radius 3 is 2.31 bits per heavy atom. The molecule has 0 bridgehead atoms. The molecule has 1 amide bonds. The summed E-state index contributed by atoms with van der Waals surface area (Å²) in [5.41, 5.74) is 1.66. The highest BCUT2D eigenvalue weighted by molar-refractivity contribution is 7.91. The number of alkyl halides is 3. The zero-order chi connectivity index (χ0) is 33.5. The van der Waals surface area contributed by atoms with E-state index in [9.17, 15) is 35.9 Å². The van der Waals surface area contributed by atoms with Gasteiger partial charge in [0.2, 0.25) is 5.91 Å². The molecule has 0 aliphatic carbocycles. The van der Waals surface area contributed by atoms with E-state index >= 15 is 0 Å². The number of aromatic nitrogens is 2. The number of carbonyl (C=O) groups is 1. The number of rotatable bonds is 11. The van der Waals surface area contributed by atoms with Gasteiger partial charge in [-0.2, -0.15) is 13.2 Å². The van der Waals surface area contributed by atoms with Crippen LogP contribution in [0.2, 0.25) is 0 Å². The quantitative estimate of drug-likeness (QED) is 0.172. The number of primary amides is 1. The average Bonchev–Trinajstić information content (AvgIpc) is 3.32. The summed E-state index contributed by atoms with van der Waals surface area (Å²) in [6.45, 7) is 6.03. The molecule has 0 spiro atoms. The van der Waals surface area contributed by atoms with Crippen molar-refractivity contribution in [3.8, 4) is 5.75 Å². The molecule has 4 N–H and O–H groups in total. The summed E-state index contributed by atoms with van der Waals surface area (Å²) in [6, 6.07) is 11.3. The Morgan fingerprint density at radius 2 is 1.76 bits per heavy atom. The Hall–Kier alpha value is -3.97. The Bertz CT molecular complexity index is 1840. The fraction of sp³-hybridized carbons (Fsp3) is 0.375. The molecule has 0 aliphatic rings. The number of H-pyrrole nitrogens is 1. The number of benzene rings is 2. The van der Waals surface area contributed by atoms with E-state index in [1.165, 1.54) is 46.2 Å². The number of hydrogen-bond donors (Lipinski definition) is 3. The molecule has 2 aromatic carbocycles. The minimum atomic E-state index is -5.16. The third kappa shape index (κ3) is 6.69. The number of hydrogen-bond acceptors (Lipinski definition) is 6. The predicted octanol–water partition coefficient (Wildman–Crippen LogP) is 5.96. The molecule has 0 fully saturated rings. The van der Waals surface area contributed by atoms with Crippen LogP contribution in [-0.2, 0) is 21.7 Å². The van der Waals surface area contributed by atoms with Gasteiger partial charge in [0.1, 0.15) is 11.6 Å². The third-order valence-corrected chi connectivity index (χ3v) is 9.86. The van der Waals surface area contributed by atoms with E-state index in [4.69, 9.17) is 10.5 Å². The van der Waals surface area contributed by atoms with E-state index in [1.54, 1.807) is 31.2 Å². The summed E-state index contributed by atoms with van der Waals surface area (Å²) in [5.74, 6) is -2.04. The fourth-order valence-electron chi connectivity index (χ4n) is 5.85. The monoisotopic (exact) mass is 649 g/mol. The van der Waals surface area contributed by atoms with Crippen LogP contribution in [0.25, 0.3) is 10.9 Å². The molecule has 1 unspecified atom stereocenters. The second-order valence-corrected chi connectivity index (χ2v) is 14.0. The van der Waals surface area contributed by atoms with Gasteiger partial charge in [-0.1, -0.05) is 45.9 Å². The summed E-state index contributed by atoms with van der Waals surface area (Å²) in [6.07, 6.45) is -5.79. The molecule has 45 heavy (non-hydrogen) atoms. The van der Waals surface area contributed by atoms with Crippen LogP contribution in [0.5, 0.6) is 5.75 Å². The van der Waals surface area contributed by atoms with Gasteiger partial charge in [0, 0.05) is 29.0 Å².